The van der Waals surface area contributed by atoms with E-state index in [1.165, 1.54) is 0 Å². The lowest BCUT2D eigenvalue weighted by Crippen LogP contribution is -2.36. The molecule has 6 nitrogen and oxygen atoms in total. The summed E-state index contributed by atoms with van der Waals surface area (Å²) in [7, 11) is 1.97. The number of benzene rings is 2. The van der Waals surface area contributed by atoms with Crippen molar-refractivity contribution in [1.82, 2.24) is 4.98 Å². The lowest BCUT2D eigenvalue weighted by Gasteiger charge is -2.29. The molecule has 2 aromatic carbocycles. The molecule has 0 aliphatic carbocycles. The van der Waals surface area contributed by atoms with Crippen molar-refractivity contribution in [1.29, 1.82) is 10.5 Å². The van der Waals surface area contributed by atoms with E-state index < -0.39 is 0 Å². The van der Waals surface area contributed by atoms with Gasteiger partial charge in [-0.25, -0.2) is 4.98 Å². The Morgan fingerprint density at radius 2 is 1.90 bits per heavy atom. The van der Waals surface area contributed by atoms with Gasteiger partial charge in [-0.15, -0.1) is 0 Å². The van der Waals surface area contributed by atoms with Gasteiger partial charge >= 0.3 is 0 Å². The Morgan fingerprint density at radius 3 is 2.66 bits per heavy atom. The highest BCUT2D eigenvalue weighted by Gasteiger charge is 2.36. The molecule has 6 heteroatoms. The van der Waals surface area contributed by atoms with Gasteiger partial charge in [-0.3, -0.25) is 0 Å². The van der Waals surface area contributed by atoms with Gasteiger partial charge in [0.15, 0.2) is 5.58 Å². The normalized spacial score (nSPS) is 15.6. The predicted molar refractivity (Wildman–Crippen MR) is 112 cm³/mol. The summed E-state index contributed by atoms with van der Waals surface area (Å²) in [5, 5.41) is 21.1. The molecule has 0 saturated carbocycles. The summed E-state index contributed by atoms with van der Waals surface area (Å²) < 4.78 is 6.19. The topological polar surface area (TPSA) is 80.1 Å². The number of nitriles is 2. The third kappa shape index (κ3) is 2.23. The molecular formula is C23H17N5O. The van der Waals surface area contributed by atoms with Crippen molar-refractivity contribution in [2.75, 3.05) is 16.8 Å². The predicted octanol–water partition coefficient (Wildman–Crippen LogP) is 4.97. The van der Waals surface area contributed by atoms with Gasteiger partial charge in [-0.2, -0.15) is 10.5 Å². The number of hydrogen-bond acceptors (Lipinski definition) is 6. The number of rotatable bonds is 1. The molecule has 1 aliphatic heterocycles. The molecule has 1 aliphatic rings. The molecule has 0 N–H and O–H groups in total. The van der Waals surface area contributed by atoms with Gasteiger partial charge < -0.3 is 14.2 Å². The van der Waals surface area contributed by atoms with Crippen molar-refractivity contribution < 1.29 is 4.42 Å². The van der Waals surface area contributed by atoms with Crippen LogP contribution < -0.4 is 9.80 Å². The van der Waals surface area contributed by atoms with E-state index in [-0.39, 0.29) is 6.17 Å². The summed E-state index contributed by atoms with van der Waals surface area (Å²) in [5.41, 5.74) is 5.90. The highest BCUT2D eigenvalue weighted by Crippen LogP contribution is 2.49. The molecule has 0 fully saturated rings. The van der Waals surface area contributed by atoms with E-state index in [4.69, 9.17) is 4.42 Å². The average molecular weight is 379 g/mol. The fourth-order valence-corrected chi connectivity index (χ4v) is 4.21. The molecule has 0 spiro atoms. The number of aryl methyl sites for hydroxylation is 1. The number of anilines is 3. The minimum absolute atomic E-state index is 0.0588. The van der Waals surface area contributed by atoms with E-state index in [9.17, 15) is 10.5 Å². The van der Waals surface area contributed by atoms with Gasteiger partial charge in [-0.1, -0.05) is 12.1 Å². The fourth-order valence-electron chi connectivity index (χ4n) is 4.21. The molecule has 0 radical (unpaired) electrons. The first-order valence-corrected chi connectivity index (χ1v) is 9.32. The van der Waals surface area contributed by atoms with Crippen molar-refractivity contribution in [2.45, 2.75) is 20.0 Å². The van der Waals surface area contributed by atoms with Gasteiger partial charge in [0.25, 0.3) is 0 Å². The van der Waals surface area contributed by atoms with E-state index in [1.54, 1.807) is 12.3 Å². The van der Waals surface area contributed by atoms with Gasteiger partial charge in [0.05, 0.1) is 34.3 Å². The smallest absolute Gasteiger partial charge is 0.227 e. The third-order valence-electron chi connectivity index (χ3n) is 5.73. The van der Waals surface area contributed by atoms with Crippen LogP contribution >= 0.6 is 0 Å². The average Bonchev–Trinajstić information content (AvgIpc) is 3.23. The molecule has 0 saturated heterocycles. The van der Waals surface area contributed by atoms with Crippen LogP contribution in [0.5, 0.6) is 0 Å². The van der Waals surface area contributed by atoms with E-state index >= 15 is 0 Å². The SMILES string of the molecule is Cc1ccc2c(oc3ncccc32)c1N1c2c(C#N)cc(C#N)cc2N(C)[C@@H]1C. The highest BCUT2D eigenvalue weighted by molar-refractivity contribution is 6.10. The fraction of sp³-hybridized carbons (Fsp3) is 0.174. The Morgan fingerprint density at radius 1 is 1.07 bits per heavy atom. The maximum absolute atomic E-state index is 9.82. The van der Waals surface area contributed by atoms with E-state index in [0.717, 1.165) is 39.0 Å². The first-order valence-electron chi connectivity index (χ1n) is 9.32. The minimum atomic E-state index is -0.0588. The molecule has 29 heavy (non-hydrogen) atoms. The van der Waals surface area contributed by atoms with Crippen LogP contribution in [0.15, 0.2) is 47.0 Å². The lowest BCUT2D eigenvalue weighted by atomic mass is 10.0. The second kappa shape index (κ2) is 5.98. The zero-order valence-electron chi connectivity index (χ0n) is 16.3. The first-order chi connectivity index (χ1) is 14.0. The van der Waals surface area contributed by atoms with Crippen LogP contribution in [0.1, 0.15) is 23.6 Å². The number of pyridine rings is 1. The molecule has 4 aromatic rings. The second-order valence-corrected chi connectivity index (χ2v) is 7.29. The van der Waals surface area contributed by atoms with E-state index in [2.05, 4.69) is 46.0 Å². The van der Waals surface area contributed by atoms with Gasteiger partial charge in [0, 0.05) is 24.0 Å². The summed E-state index contributed by atoms with van der Waals surface area (Å²) in [6, 6.07) is 15.9. The summed E-state index contributed by atoms with van der Waals surface area (Å²) in [6.07, 6.45) is 1.66. The van der Waals surface area contributed by atoms with Gasteiger partial charge in [-0.05, 0) is 43.7 Å². The first kappa shape index (κ1) is 17.1. The zero-order chi connectivity index (χ0) is 20.3. The molecule has 3 heterocycles. The Bertz CT molecular complexity index is 1390. The lowest BCUT2D eigenvalue weighted by molar-refractivity contribution is 0.648. The maximum atomic E-state index is 9.82. The van der Waals surface area contributed by atoms with Crippen LogP contribution in [0.3, 0.4) is 0 Å². The zero-order valence-corrected chi connectivity index (χ0v) is 16.3. The number of hydrogen-bond donors (Lipinski definition) is 0. The molecule has 0 amide bonds. The quantitative estimate of drug-likeness (QED) is 0.465. The van der Waals surface area contributed by atoms with Crippen LogP contribution in [-0.2, 0) is 0 Å². The Balaban J connectivity index is 1.87. The molecule has 140 valence electrons. The largest absolute Gasteiger partial charge is 0.435 e. The summed E-state index contributed by atoms with van der Waals surface area (Å²) in [4.78, 5) is 8.58. The van der Waals surface area contributed by atoms with Crippen molar-refractivity contribution in [3.05, 3.63) is 59.3 Å². The van der Waals surface area contributed by atoms with Crippen molar-refractivity contribution in [3.63, 3.8) is 0 Å². The standard InChI is InChI=1S/C23H17N5O/c1-13-6-7-17-18-5-4-8-26-23(18)29-22(17)20(13)28-14(2)27(3)19-10-15(11-24)9-16(12-25)21(19)28/h4-10,14H,1-3H3/t14-/m0/s1. The molecule has 1 atom stereocenters. The van der Waals surface area contributed by atoms with Crippen LogP contribution in [-0.4, -0.2) is 18.2 Å². The number of fused-ring (bicyclic) bond motifs is 4. The molecular weight excluding hydrogens is 362 g/mol. The summed E-state index contributed by atoms with van der Waals surface area (Å²) in [5.74, 6) is 0. The van der Waals surface area contributed by atoms with Crippen molar-refractivity contribution in [3.8, 4) is 12.1 Å². The van der Waals surface area contributed by atoms with E-state index in [0.29, 0.717) is 16.8 Å². The van der Waals surface area contributed by atoms with Crippen LogP contribution in [0.2, 0.25) is 0 Å². The number of aromatic nitrogens is 1. The monoisotopic (exact) mass is 379 g/mol. The second-order valence-electron chi connectivity index (χ2n) is 7.29. The van der Waals surface area contributed by atoms with Crippen molar-refractivity contribution in [2.24, 2.45) is 0 Å². The number of nitrogens with zero attached hydrogens (tertiary/aromatic N) is 5. The highest BCUT2D eigenvalue weighted by atomic mass is 16.3. The molecule has 0 unspecified atom stereocenters. The maximum Gasteiger partial charge on any atom is 0.227 e. The summed E-state index contributed by atoms with van der Waals surface area (Å²) in [6.45, 7) is 4.11. The molecule has 0 bridgehead atoms. The Labute approximate surface area is 167 Å². The van der Waals surface area contributed by atoms with Crippen LogP contribution in [0, 0.1) is 29.6 Å². The van der Waals surface area contributed by atoms with E-state index in [1.807, 2.05) is 32.2 Å². The van der Waals surface area contributed by atoms with Crippen LogP contribution in [0.4, 0.5) is 17.1 Å². The van der Waals surface area contributed by atoms with Crippen LogP contribution in [0.25, 0.3) is 22.1 Å². The number of furan rings is 1. The van der Waals surface area contributed by atoms with Crippen molar-refractivity contribution >= 4 is 39.1 Å². The molecule has 5 rings (SSSR count). The molecule has 2 aromatic heterocycles. The van der Waals surface area contributed by atoms with Gasteiger partial charge in [0.2, 0.25) is 5.71 Å². The minimum Gasteiger partial charge on any atom is -0.435 e. The Kier molecular flexibility index (Phi) is 3.53. The Hall–Kier alpha value is -4.03. The summed E-state index contributed by atoms with van der Waals surface area (Å²) >= 11 is 0. The van der Waals surface area contributed by atoms with Gasteiger partial charge in [0.1, 0.15) is 12.2 Å². The third-order valence-corrected chi connectivity index (χ3v) is 5.73.